The zero-order valence-corrected chi connectivity index (χ0v) is 20.3. The highest BCUT2D eigenvalue weighted by Crippen LogP contribution is 2.49. The summed E-state index contributed by atoms with van der Waals surface area (Å²) in [5, 5.41) is 4.63. The number of aromatic nitrogens is 1. The molecule has 0 unspecified atom stereocenters. The van der Waals surface area contributed by atoms with Gasteiger partial charge in [-0.1, -0.05) is 17.7 Å². The van der Waals surface area contributed by atoms with Crippen molar-refractivity contribution >= 4 is 28.4 Å². The first kappa shape index (κ1) is 23.3. The number of amides is 1. The highest BCUT2D eigenvalue weighted by molar-refractivity contribution is 6.29. The minimum atomic E-state index is -0.436. The Balaban J connectivity index is 0.000000459. The molecule has 6 nitrogen and oxygen atoms in total. The molecule has 2 aromatic carbocycles. The Morgan fingerprint density at radius 3 is 2.33 bits per heavy atom. The second kappa shape index (κ2) is 9.57. The zero-order valence-electron chi connectivity index (χ0n) is 19.6. The molecule has 33 heavy (non-hydrogen) atoms. The molecular weight excluding hydrogens is 438 g/mol. The number of methoxy groups -OCH3 is 2. The lowest BCUT2D eigenvalue weighted by molar-refractivity contribution is 0.0930. The third kappa shape index (κ3) is 5.07. The largest absolute Gasteiger partial charge is 0.497 e. The number of aryl methyl sites for hydroxylation is 1. The Morgan fingerprint density at radius 2 is 1.76 bits per heavy atom. The molecule has 5 rings (SSSR count). The van der Waals surface area contributed by atoms with Crippen molar-refractivity contribution in [3.05, 3.63) is 64.3 Å². The van der Waals surface area contributed by atoms with Crippen LogP contribution in [0.3, 0.4) is 0 Å². The lowest BCUT2D eigenvalue weighted by atomic mass is 9.97. The molecule has 0 radical (unpaired) electrons. The second-order valence-electron chi connectivity index (χ2n) is 8.75. The van der Waals surface area contributed by atoms with Crippen LogP contribution in [0.1, 0.15) is 40.7 Å². The van der Waals surface area contributed by atoms with Crippen molar-refractivity contribution < 1.29 is 14.3 Å². The molecule has 2 fully saturated rings. The number of benzene rings is 2. The molecule has 1 aliphatic heterocycles. The lowest BCUT2D eigenvalue weighted by Gasteiger charge is -2.24. The summed E-state index contributed by atoms with van der Waals surface area (Å²) < 4.78 is 10.7. The van der Waals surface area contributed by atoms with Gasteiger partial charge in [-0.05, 0) is 87.8 Å². The van der Waals surface area contributed by atoms with Crippen LogP contribution in [0.25, 0.3) is 10.9 Å². The van der Waals surface area contributed by atoms with E-state index in [0.717, 1.165) is 34.9 Å². The van der Waals surface area contributed by atoms with Gasteiger partial charge in [0.2, 0.25) is 0 Å². The van der Waals surface area contributed by atoms with Crippen LogP contribution in [-0.4, -0.2) is 50.1 Å². The van der Waals surface area contributed by atoms with E-state index in [0.29, 0.717) is 22.2 Å². The predicted octanol–water partition coefficient (Wildman–Crippen LogP) is 4.95. The van der Waals surface area contributed by atoms with Crippen LogP contribution < -0.4 is 14.8 Å². The summed E-state index contributed by atoms with van der Waals surface area (Å²) in [6, 6.07) is 13.1. The van der Waals surface area contributed by atoms with Gasteiger partial charge >= 0.3 is 0 Å². The van der Waals surface area contributed by atoms with Gasteiger partial charge in [0.25, 0.3) is 5.91 Å². The summed E-state index contributed by atoms with van der Waals surface area (Å²) in [6.45, 7) is 4.56. The number of nitrogens with zero attached hydrogens (tertiary/aromatic N) is 2. The average molecular weight is 468 g/mol. The summed E-state index contributed by atoms with van der Waals surface area (Å²) in [7, 11) is 5.35. The fraction of sp³-hybridized carbons (Fsp3) is 0.385. The second-order valence-corrected chi connectivity index (χ2v) is 9.14. The minimum Gasteiger partial charge on any atom is -0.497 e. The van der Waals surface area contributed by atoms with Crippen molar-refractivity contribution in [3.8, 4) is 11.5 Å². The number of fused-ring (bicyclic) bond motifs is 1. The SMILES string of the molecule is CN1CCC1.COc1ccc(C)c(C(=O)NC2(c3cc(OC)cc4nc(Cl)ccc34)CC2)c1. The number of rotatable bonds is 5. The fourth-order valence-electron chi connectivity index (χ4n) is 4.02. The Morgan fingerprint density at radius 1 is 1.06 bits per heavy atom. The Hall–Kier alpha value is -2.83. The maximum Gasteiger partial charge on any atom is 0.252 e. The van der Waals surface area contributed by atoms with E-state index < -0.39 is 5.54 Å². The van der Waals surface area contributed by atoms with E-state index in [-0.39, 0.29) is 5.91 Å². The number of ether oxygens (including phenoxy) is 2. The van der Waals surface area contributed by atoms with Gasteiger partial charge in [-0.3, -0.25) is 4.79 Å². The standard InChI is InChI=1S/C22H21ClN2O3.C4H9N/c1-13-4-5-14(27-2)10-17(13)21(26)25-22(8-9-22)18-11-15(28-3)12-19-16(18)6-7-20(23)24-19;1-5-3-2-4-5/h4-7,10-12H,8-9H2,1-3H3,(H,25,26);2-4H2,1H3. The van der Waals surface area contributed by atoms with E-state index in [9.17, 15) is 4.79 Å². The number of pyridine rings is 1. The maximum absolute atomic E-state index is 13.1. The highest BCUT2D eigenvalue weighted by Gasteiger charge is 2.47. The number of nitrogens with one attached hydrogen (secondary N) is 1. The van der Waals surface area contributed by atoms with Crippen LogP contribution >= 0.6 is 11.6 Å². The summed E-state index contributed by atoms with van der Waals surface area (Å²) in [6.07, 6.45) is 3.12. The molecule has 2 aliphatic rings. The third-order valence-electron chi connectivity index (χ3n) is 6.37. The monoisotopic (exact) mass is 467 g/mol. The minimum absolute atomic E-state index is 0.119. The van der Waals surface area contributed by atoms with E-state index in [1.165, 1.54) is 19.5 Å². The van der Waals surface area contributed by atoms with Crippen LogP contribution in [0.15, 0.2) is 42.5 Å². The van der Waals surface area contributed by atoms with Crippen LogP contribution in [0, 0.1) is 6.92 Å². The van der Waals surface area contributed by atoms with Crippen LogP contribution in [-0.2, 0) is 5.54 Å². The van der Waals surface area contributed by atoms with E-state index >= 15 is 0 Å². The molecule has 0 atom stereocenters. The number of likely N-dealkylation sites (tertiary alicyclic amines) is 1. The molecule has 0 bridgehead atoms. The van der Waals surface area contributed by atoms with E-state index in [2.05, 4.69) is 22.2 Å². The maximum atomic E-state index is 13.1. The Kier molecular flexibility index (Phi) is 6.77. The molecule has 3 aromatic rings. The molecule has 1 saturated carbocycles. The lowest BCUT2D eigenvalue weighted by Crippen LogP contribution is -2.35. The van der Waals surface area contributed by atoms with Gasteiger partial charge in [0, 0.05) is 17.0 Å². The molecule has 174 valence electrons. The number of carbonyl (C=O) groups excluding carboxylic acids is 1. The van der Waals surface area contributed by atoms with Gasteiger partial charge in [-0.25, -0.2) is 4.98 Å². The van der Waals surface area contributed by atoms with Crippen molar-refractivity contribution in [1.29, 1.82) is 0 Å². The highest BCUT2D eigenvalue weighted by atomic mass is 35.5. The van der Waals surface area contributed by atoms with Crippen molar-refractivity contribution in [2.75, 3.05) is 34.4 Å². The molecule has 2 heterocycles. The Bertz CT molecular complexity index is 1170. The topological polar surface area (TPSA) is 63.7 Å². The molecule has 1 aliphatic carbocycles. The quantitative estimate of drug-likeness (QED) is 0.537. The smallest absolute Gasteiger partial charge is 0.252 e. The van der Waals surface area contributed by atoms with Crippen LogP contribution in [0.2, 0.25) is 5.15 Å². The number of hydrogen-bond donors (Lipinski definition) is 1. The third-order valence-corrected chi connectivity index (χ3v) is 6.58. The van der Waals surface area contributed by atoms with Crippen molar-refractivity contribution in [3.63, 3.8) is 0 Å². The molecule has 1 aromatic heterocycles. The summed E-state index contributed by atoms with van der Waals surface area (Å²) in [5.74, 6) is 1.23. The summed E-state index contributed by atoms with van der Waals surface area (Å²) >= 11 is 6.07. The first-order chi connectivity index (χ1) is 15.8. The molecule has 1 amide bonds. The molecule has 0 spiro atoms. The van der Waals surface area contributed by atoms with Crippen LogP contribution in [0.4, 0.5) is 0 Å². The van der Waals surface area contributed by atoms with Gasteiger partial charge in [-0.2, -0.15) is 0 Å². The number of carbonyl (C=O) groups is 1. The first-order valence-corrected chi connectivity index (χ1v) is 11.5. The fourth-order valence-corrected chi connectivity index (χ4v) is 4.17. The number of hydrogen-bond acceptors (Lipinski definition) is 5. The van der Waals surface area contributed by atoms with Crippen molar-refractivity contribution in [2.24, 2.45) is 0 Å². The summed E-state index contributed by atoms with van der Waals surface area (Å²) in [4.78, 5) is 19.8. The average Bonchev–Trinajstić information content (AvgIpc) is 3.57. The van der Waals surface area contributed by atoms with Gasteiger partial charge < -0.3 is 19.7 Å². The van der Waals surface area contributed by atoms with Gasteiger partial charge in [-0.15, -0.1) is 0 Å². The molecule has 1 N–H and O–H groups in total. The number of halogens is 1. The molecule has 7 heteroatoms. The van der Waals surface area contributed by atoms with Gasteiger partial charge in [0.05, 0.1) is 25.3 Å². The summed E-state index contributed by atoms with van der Waals surface area (Å²) in [5.41, 5.74) is 2.83. The van der Waals surface area contributed by atoms with Gasteiger partial charge in [0.15, 0.2) is 0 Å². The van der Waals surface area contributed by atoms with Crippen molar-refractivity contribution in [1.82, 2.24) is 15.2 Å². The first-order valence-electron chi connectivity index (χ1n) is 11.2. The molecular formula is C26H30ClN3O3. The normalized spacial score (nSPS) is 16.3. The van der Waals surface area contributed by atoms with Crippen molar-refractivity contribution in [2.45, 2.75) is 31.7 Å². The van der Waals surface area contributed by atoms with E-state index in [4.69, 9.17) is 21.1 Å². The van der Waals surface area contributed by atoms with Gasteiger partial charge in [0.1, 0.15) is 16.7 Å². The zero-order chi connectivity index (χ0) is 23.6. The Labute approximate surface area is 199 Å². The van der Waals surface area contributed by atoms with E-state index in [1.54, 1.807) is 26.4 Å². The van der Waals surface area contributed by atoms with Crippen LogP contribution in [0.5, 0.6) is 11.5 Å². The molecule has 1 saturated heterocycles. The predicted molar refractivity (Wildman–Crippen MR) is 132 cm³/mol. The van der Waals surface area contributed by atoms with E-state index in [1.807, 2.05) is 37.3 Å².